The third-order valence-corrected chi connectivity index (χ3v) is 9.92. The van der Waals surface area contributed by atoms with Gasteiger partial charge in [-0.1, -0.05) is 75.9 Å². The number of Topliss-reactive ketones (excluding diaryl/α,β-unsaturated/α-hetero) is 1. The summed E-state index contributed by atoms with van der Waals surface area (Å²) in [6, 6.07) is 24.0. The molecule has 4 aromatic heterocycles. The second-order valence-electron chi connectivity index (χ2n) is 12.8. The van der Waals surface area contributed by atoms with Crippen LogP contribution in [0.15, 0.2) is 103 Å². The number of alkyl halides is 1. The fourth-order valence-electron chi connectivity index (χ4n) is 5.04. The first-order chi connectivity index (χ1) is 26.9. The summed E-state index contributed by atoms with van der Waals surface area (Å²) in [5.41, 5.74) is 12.0. The molecular weight excluding hydrogens is 786 g/mol. The van der Waals surface area contributed by atoms with Gasteiger partial charge >= 0.3 is 0 Å². The Morgan fingerprint density at radius 2 is 1.32 bits per heavy atom. The van der Waals surface area contributed by atoms with Crippen molar-refractivity contribution in [3.63, 3.8) is 0 Å². The number of carbonyl (C=O) groups is 2. The number of aromatic nitrogens is 8. The molecule has 0 saturated heterocycles. The molecule has 2 aromatic carbocycles. The minimum Gasteiger partial charge on any atom is -0.399 e. The molecule has 56 heavy (non-hydrogen) atoms. The summed E-state index contributed by atoms with van der Waals surface area (Å²) < 4.78 is 4.60. The Morgan fingerprint density at radius 3 is 1.79 bits per heavy atom. The molecule has 6 aromatic rings. The van der Waals surface area contributed by atoms with Crippen LogP contribution in [0.25, 0.3) is 22.8 Å². The topological polar surface area (TPSA) is 150 Å². The van der Waals surface area contributed by atoms with Gasteiger partial charge in [0.25, 0.3) is 0 Å². The van der Waals surface area contributed by atoms with Gasteiger partial charge in [-0.3, -0.25) is 24.7 Å². The van der Waals surface area contributed by atoms with Crippen molar-refractivity contribution >= 4 is 63.9 Å². The fraction of sp³-hybridized carbons (Fsp3) is 0.317. The number of halogens is 2. The number of nitrogens with zero attached hydrogens (tertiary/aromatic N) is 7. The molecule has 0 unspecified atom stereocenters. The molecule has 0 bridgehead atoms. The second-order valence-corrected chi connectivity index (χ2v) is 14.9. The average molecular weight is 835 g/mol. The van der Waals surface area contributed by atoms with Gasteiger partial charge in [-0.15, -0.1) is 21.8 Å². The summed E-state index contributed by atoms with van der Waals surface area (Å²) in [7, 11) is 0. The predicted molar refractivity (Wildman–Crippen MR) is 232 cm³/mol. The molecular formula is C41H49Cl2N9O2S2. The summed E-state index contributed by atoms with van der Waals surface area (Å²) in [5.74, 6) is 3.19. The van der Waals surface area contributed by atoms with Gasteiger partial charge in [0, 0.05) is 61.1 Å². The lowest BCUT2D eigenvalue weighted by atomic mass is 10.0. The van der Waals surface area contributed by atoms with E-state index in [0.29, 0.717) is 28.8 Å². The molecule has 296 valence electrons. The van der Waals surface area contributed by atoms with Crippen molar-refractivity contribution < 1.29 is 9.59 Å². The van der Waals surface area contributed by atoms with Crippen LogP contribution in [0.1, 0.15) is 70.1 Å². The standard InChI is InChI=1S/C21H24N4OS.C9H10N4S.C9H13N.C2H2Cl2O/c1-4-25-20(18-6-5-11-22-13-18)23-24-21(25)27-14-19(26)12-16-7-9-17(10-8-16)15(2)3;1-2-13-8(11-12-9(13)14)7-4-3-5-10-6-7;1-7(2)8-3-5-9(10)6-4-8;3-1-2(4)5/h5-11,13,15H,4,12,14H2,1-3H3;3-6H,2H2,1H3,(H,12,14);3-7H,10H2,1-2H3;1H2. The summed E-state index contributed by atoms with van der Waals surface area (Å²) >= 11 is 16.1. The molecule has 0 atom stereocenters. The average Bonchev–Trinajstić information content (AvgIpc) is 3.81. The molecule has 0 radical (unpaired) electrons. The third kappa shape index (κ3) is 14.8. The van der Waals surface area contributed by atoms with Gasteiger partial charge in [0.15, 0.2) is 21.6 Å². The lowest BCUT2D eigenvalue weighted by Gasteiger charge is -2.08. The minimum absolute atomic E-state index is 0.0957. The Morgan fingerprint density at radius 1 is 0.804 bits per heavy atom. The zero-order valence-corrected chi connectivity index (χ0v) is 35.7. The van der Waals surface area contributed by atoms with Crippen molar-refractivity contribution in [3.8, 4) is 22.8 Å². The number of anilines is 1. The van der Waals surface area contributed by atoms with Gasteiger partial charge in [0.2, 0.25) is 5.24 Å². The third-order valence-electron chi connectivity index (χ3n) is 8.07. The van der Waals surface area contributed by atoms with Crippen molar-refractivity contribution in [3.05, 3.63) is 119 Å². The number of nitrogens with one attached hydrogen (secondary N) is 1. The molecule has 0 spiro atoms. The van der Waals surface area contributed by atoms with E-state index in [9.17, 15) is 9.59 Å². The molecule has 15 heteroatoms. The van der Waals surface area contributed by atoms with Gasteiger partial charge in [0.05, 0.1) is 11.6 Å². The van der Waals surface area contributed by atoms with Crippen LogP contribution in [-0.4, -0.2) is 62.2 Å². The molecule has 4 heterocycles. The Labute approximate surface area is 348 Å². The molecule has 0 aliphatic heterocycles. The quantitative estimate of drug-likeness (QED) is 0.0401. The largest absolute Gasteiger partial charge is 0.399 e. The summed E-state index contributed by atoms with van der Waals surface area (Å²) in [6.45, 7) is 14.3. The van der Waals surface area contributed by atoms with Gasteiger partial charge in [-0.2, -0.15) is 5.10 Å². The predicted octanol–water partition coefficient (Wildman–Crippen LogP) is 9.79. The second kappa shape index (κ2) is 24.1. The van der Waals surface area contributed by atoms with Crippen molar-refractivity contribution in [1.82, 2.24) is 39.5 Å². The van der Waals surface area contributed by atoms with Crippen LogP contribution >= 0.6 is 47.2 Å². The summed E-state index contributed by atoms with van der Waals surface area (Å²) in [4.78, 5) is 30.0. The van der Waals surface area contributed by atoms with E-state index < -0.39 is 5.24 Å². The van der Waals surface area contributed by atoms with E-state index in [1.165, 1.54) is 22.9 Å². The number of nitrogens with two attached hydrogens (primary N) is 1. The first-order valence-electron chi connectivity index (χ1n) is 18.1. The zero-order valence-electron chi connectivity index (χ0n) is 32.5. The minimum atomic E-state index is -0.508. The van der Waals surface area contributed by atoms with Crippen LogP contribution < -0.4 is 5.73 Å². The molecule has 0 aliphatic carbocycles. The maximum Gasteiger partial charge on any atom is 0.236 e. The first-order valence-corrected chi connectivity index (χ1v) is 20.4. The van der Waals surface area contributed by atoms with Crippen molar-refractivity contribution in [2.75, 3.05) is 17.4 Å². The van der Waals surface area contributed by atoms with E-state index >= 15 is 0 Å². The highest BCUT2D eigenvalue weighted by Gasteiger charge is 2.15. The number of ketones is 1. The van der Waals surface area contributed by atoms with Crippen molar-refractivity contribution in [1.29, 1.82) is 0 Å². The number of rotatable bonds is 12. The number of nitrogen functional groups attached to an aromatic ring is 1. The first kappa shape index (κ1) is 45.7. The summed E-state index contributed by atoms with van der Waals surface area (Å²) in [6.07, 6.45) is 7.47. The number of carbonyl (C=O) groups excluding carboxylic acids is 2. The zero-order chi connectivity index (χ0) is 41.0. The number of hydrogen-bond donors (Lipinski definition) is 2. The highest BCUT2D eigenvalue weighted by Crippen LogP contribution is 2.24. The van der Waals surface area contributed by atoms with Crippen LogP contribution in [0.5, 0.6) is 0 Å². The fourth-order valence-corrected chi connectivity index (χ4v) is 6.16. The van der Waals surface area contributed by atoms with E-state index in [4.69, 9.17) is 41.2 Å². The number of benzene rings is 2. The van der Waals surface area contributed by atoms with E-state index in [0.717, 1.165) is 52.3 Å². The Kier molecular flexibility index (Phi) is 19.6. The molecule has 0 amide bonds. The van der Waals surface area contributed by atoms with Gasteiger partial charge in [-0.05, 0) is 103 Å². The Balaban J connectivity index is 0.000000240. The van der Waals surface area contributed by atoms with Crippen molar-refractivity contribution in [2.45, 2.75) is 78.0 Å². The molecule has 0 saturated carbocycles. The van der Waals surface area contributed by atoms with Gasteiger partial charge < -0.3 is 14.9 Å². The number of thioether (sulfide) groups is 1. The lowest BCUT2D eigenvalue weighted by molar-refractivity contribution is -0.116. The number of hydrogen-bond acceptors (Lipinski definition) is 10. The van der Waals surface area contributed by atoms with Crippen LogP contribution in [0.4, 0.5) is 5.69 Å². The highest BCUT2D eigenvalue weighted by molar-refractivity contribution is 7.99. The maximum atomic E-state index is 12.4. The van der Waals surface area contributed by atoms with Crippen LogP contribution in [0.2, 0.25) is 0 Å². The maximum absolute atomic E-state index is 12.4. The van der Waals surface area contributed by atoms with E-state index in [1.54, 1.807) is 24.8 Å². The SMILES string of the molecule is CC(C)c1ccc(N)cc1.CCn1c(-c2cccnc2)n[nH]c1=S.CCn1c(SCC(=O)Cc2ccc(C(C)C)cc2)nnc1-c1cccnc1.O=C(Cl)CCl. The molecule has 0 fully saturated rings. The van der Waals surface area contributed by atoms with Crippen LogP contribution in [-0.2, 0) is 29.1 Å². The lowest BCUT2D eigenvalue weighted by Crippen LogP contribution is -2.07. The molecule has 3 N–H and O–H groups in total. The Hall–Kier alpha value is -4.69. The van der Waals surface area contributed by atoms with Gasteiger partial charge in [-0.25, -0.2) is 0 Å². The van der Waals surface area contributed by atoms with Gasteiger partial charge in [0.1, 0.15) is 5.78 Å². The normalized spacial score (nSPS) is 10.5. The number of aromatic amines is 1. The molecule has 0 aliphatic rings. The monoisotopic (exact) mass is 833 g/mol. The molecule has 11 nitrogen and oxygen atoms in total. The van der Waals surface area contributed by atoms with E-state index in [2.05, 4.69) is 82.3 Å². The smallest absolute Gasteiger partial charge is 0.236 e. The number of pyridine rings is 2. The van der Waals surface area contributed by atoms with E-state index in [1.807, 2.05) is 71.5 Å². The summed E-state index contributed by atoms with van der Waals surface area (Å²) in [5, 5.41) is 15.7. The Bertz CT molecular complexity index is 2120. The van der Waals surface area contributed by atoms with Crippen LogP contribution in [0.3, 0.4) is 0 Å². The van der Waals surface area contributed by atoms with E-state index in [-0.39, 0.29) is 11.7 Å². The number of H-pyrrole nitrogens is 1. The van der Waals surface area contributed by atoms with Crippen LogP contribution in [0, 0.1) is 4.77 Å². The van der Waals surface area contributed by atoms with Crippen molar-refractivity contribution in [2.24, 2.45) is 0 Å². The molecule has 6 rings (SSSR count). The highest BCUT2D eigenvalue weighted by atomic mass is 35.5.